The van der Waals surface area contributed by atoms with E-state index in [4.69, 9.17) is 18.6 Å². The van der Waals surface area contributed by atoms with Crippen molar-refractivity contribution in [2.24, 2.45) is 11.8 Å². The van der Waals surface area contributed by atoms with Crippen LogP contribution in [-0.2, 0) is 56.6 Å². The fourth-order valence-electron chi connectivity index (χ4n) is 11.0. The van der Waals surface area contributed by atoms with Gasteiger partial charge >= 0.3 is 17.6 Å². The van der Waals surface area contributed by atoms with Crippen LogP contribution in [0.5, 0.6) is 5.75 Å². The molecule has 4 aromatic carbocycles. The van der Waals surface area contributed by atoms with E-state index in [1.165, 1.54) is 16.7 Å². The Balaban J connectivity index is 1.12. The molecule has 322 valence electrons. The summed E-state index contributed by atoms with van der Waals surface area (Å²) in [5.41, 5.74) is 8.29. The predicted octanol–water partition coefficient (Wildman–Crippen LogP) is 11.6. The zero-order valence-corrected chi connectivity index (χ0v) is 37.0. The number of hydrogen-bond acceptors (Lipinski definition) is 7. The second-order valence-electron chi connectivity index (χ2n) is 19.6. The van der Waals surface area contributed by atoms with Crippen molar-refractivity contribution < 1.29 is 28.2 Å². The fourth-order valence-corrected chi connectivity index (χ4v) is 11.0. The standard InChI is InChI=1S/C55H60O7/c1-34(2)42-25-24-35-18-20-38(21-19-35)32-40(23-22-37-14-11-15-39(31-37)30-36-12-7-6-8-13-36)33-46(56)59-50-47-45(62-55(5,41-16-9-10-17-41)51(50)61-52(42)57)27-26-44-43-28-29-54(3,4)48(43)53(58)60-49(44)47/h6-8,11-15,18-21,26-27,31,40-41,50-51H,9-10,16-17,22-25,28-30,32-33H2,1-5H3/t40-,50+,51-,55-/m0/s1. The summed E-state index contributed by atoms with van der Waals surface area (Å²) in [6.07, 6.45) is 7.84. The fraction of sp³-hybridized carbons (Fsp3) is 0.436. The molecule has 0 radical (unpaired) electrons. The number of allylic oxidation sites excluding steroid dienone is 1. The minimum atomic E-state index is -1.07. The normalized spacial score (nSPS) is 23.9. The number of rotatable bonds is 6. The lowest BCUT2D eigenvalue weighted by atomic mass is 9.76. The number of esters is 2. The van der Waals surface area contributed by atoms with Crippen molar-refractivity contribution >= 4 is 22.9 Å². The number of carbonyl (C=O) groups excluding carboxylic acids is 2. The molecule has 4 heterocycles. The number of hydrogen-bond donors (Lipinski definition) is 0. The maximum atomic E-state index is 14.8. The Morgan fingerprint density at radius 2 is 1.47 bits per heavy atom. The lowest BCUT2D eigenvalue weighted by Crippen LogP contribution is -2.58. The van der Waals surface area contributed by atoms with Gasteiger partial charge in [-0.25, -0.2) is 9.59 Å². The molecular formula is C55H60O7. The largest absolute Gasteiger partial charge is 0.483 e. The van der Waals surface area contributed by atoms with E-state index in [0.717, 1.165) is 85.4 Å². The second-order valence-corrected chi connectivity index (χ2v) is 19.6. The summed E-state index contributed by atoms with van der Waals surface area (Å²) < 4.78 is 27.0. The van der Waals surface area contributed by atoms with Crippen molar-refractivity contribution in [2.45, 2.75) is 141 Å². The average Bonchev–Trinajstić information content (AvgIpc) is 3.91. The van der Waals surface area contributed by atoms with E-state index in [1.807, 2.05) is 39.0 Å². The van der Waals surface area contributed by atoms with Gasteiger partial charge < -0.3 is 18.6 Å². The van der Waals surface area contributed by atoms with E-state index in [-0.39, 0.29) is 35.3 Å². The van der Waals surface area contributed by atoms with Crippen LogP contribution in [0.1, 0.15) is 137 Å². The van der Waals surface area contributed by atoms with Crippen LogP contribution in [0.15, 0.2) is 111 Å². The summed E-state index contributed by atoms with van der Waals surface area (Å²) in [6.45, 7) is 10.1. The van der Waals surface area contributed by atoms with Crippen LogP contribution in [0.25, 0.3) is 11.0 Å². The van der Waals surface area contributed by atoms with Crippen LogP contribution in [0.2, 0.25) is 0 Å². The smallest absolute Gasteiger partial charge is 0.340 e. The third-order valence-electron chi connectivity index (χ3n) is 14.6. The summed E-state index contributed by atoms with van der Waals surface area (Å²) in [5.74, 6) is -0.308. The lowest BCUT2D eigenvalue weighted by Gasteiger charge is -2.48. The molecule has 1 aromatic heterocycles. The third-order valence-corrected chi connectivity index (χ3v) is 14.6. The van der Waals surface area contributed by atoms with Crippen molar-refractivity contribution in [1.29, 1.82) is 0 Å². The van der Waals surface area contributed by atoms with Crippen LogP contribution >= 0.6 is 0 Å². The van der Waals surface area contributed by atoms with Gasteiger partial charge in [-0.15, -0.1) is 0 Å². The van der Waals surface area contributed by atoms with Gasteiger partial charge in [0.1, 0.15) is 16.9 Å². The summed E-state index contributed by atoms with van der Waals surface area (Å²) in [5, 5.41) is 0.811. The van der Waals surface area contributed by atoms with Crippen LogP contribution in [0.3, 0.4) is 0 Å². The highest BCUT2D eigenvalue weighted by Gasteiger charge is 2.57. The maximum absolute atomic E-state index is 14.8. The molecule has 7 heteroatoms. The minimum Gasteiger partial charge on any atom is -0.483 e. The molecule has 0 unspecified atom stereocenters. The Morgan fingerprint density at radius 3 is 2.23 bits per heavy atom. The molecule has 0 amide bonds. The highest BCUT2D eigenvalue weighted by Crippen LogP contribution is 2.53. The molecule has 10 rings (SSSR count). The van der Waals surface area contributed by atoms with Crippen LogP contribution in [0.4, 0.5) is 0 Å². The molecule has 4 atom stereocenters. The lowest BCUT2D eigenvalue weighted by molar-refractivity contribution is -0.199. The first-order valence-corrected chi connectivity index (χ1v) is 22.9. The van der Waals surface area contributed by atoms with Crippen molar-refractivity contribution in [3.05, 3.63) is 157 Å². The molecule has 7 nitrogen and oxygen atoms in total. The Labute approximate surface area is 365 Å². The average molecular weight is 833 g/mol. The van der Waals surface area contributed by atoms with Gasteiger partial charge in [0.05, 0.1) is 5.56 Å². The van der Waals surface area contributed by atoms with Crippen LogP contribution in [-0.4, -0.2) is 23.6 Å². The van der Waals surface area contributed by atoms with Gasteiger partial charge in [-0.05, 0) is 142 Å². The van der Waals surface area contributed by atoms with Gasteiger partial charge in [-0.3, -0.25) is 4.79 Å². The molecular weight excluding hydrogens is 773 g/mol. The first kappa shape index (κ1) is 41.9. The second kappa shape index (κ2) is 17.0. The van der Waals surface area contributed by atoms with Crippen molar-refractivity contribution in [2.75, 3.05) is 0 Å². The van der Waals surface area contributed by atoms with Crippen LogP contribution in [0, 0.1) is 11.8 Å². The van der Waals surface area contributed by atoms with Crippen molar-refractivity contribution in [1.82, 2.24) is 0 Å². The van der Waals surface area contributed by atoms with E-state index in [9.17, 15) is 14.4 Å². The monoisotopic (exact) mass is 832 g/mol. The topological polar surface area (TPSA) is 92.0 Å². The van der Waals surface area contributed by atoms with Gasteiger partial charge in [0.25, 0.3) is 0 Å². The first-order valence-electron chi connectivity index (χ1n) is 22.9. The summed E-state index contributed by atoms with van der Waals surface area (Å²) >= 11 is 0. The number of carbonyl (C=O) groups is 2. The van der Waals surface area contributed by atoms with Gasteiger partial charge in [0.15, 0.2) is 12.2 Å². The van der Waals surface area contributed by atoms with E-state index in [2.05, 4.69) is 86.6 Å². The third kappa shape index (κ3) is 8.27. The highest BCUT2D eigenvalue weighted by atomic mass is 16.6. The SMILES string of the molecule is CC(C)=C1CCc2ccc(cc2)C[C@H](CCc2cccc(Cc3ccccc3)c2)CC(=O)O[C@@H]2c3c(ccc4c5c(c(=O)oc34)C(C)(C)CC5)O[C@@](C)(C3CCCC3)[C@H]2OC1=O. The molecule has 0 spiro atoms. The van der Waals surface area contributed by atoms with Gasteiger partial charge in [0, 0.05) is 28.9 Å². The molecule has 1 saturated carbocycles. The predicted molar refractivity (Wildman–Crippen MR) is 242 cm³/mol. The summed E-state index contributed by atoms with van der Waals surface area (Å²) in [7, 11) is 0. The zero-order valence-electron chi connectivity index (χ0n) is 37.0. The number of aryl methyl sites for hydroxylation is 3. The van der Waals surface area contributed by atoms with E-state index in [1.54, 1.807) is 0 Å². The Kier molecular flexibility index (Phi) is 11.5. The minimum absolute atomic E-state index is 0.0335. The highest BCUT2D eigenvalue weighted by molar-refractivity contribution is 5.90. The number of fused-ring (bicyclic) bond motifs is 15. The number of benzene rings is 4. The maximum Gasteiger partial charge on any atom is 0.340 e. The van der Waals surface area contributed by atoms with Gasteiger partial charge in [-0.2, -0.15) is 0 Å². The molecule has 2 aliphatic carbocycles. The molecule has 1 fully saturated rings. The number of ether oxygens (including phenoxy) is 3. The Morgan fingerprint density at radius 1 is 0.742 bits per heavy atom. The molecule has 62 heavy (non-hydrogen) atoms. The van der Waals surface area contributed by atoms with Crippen molar-refractivity contribution in [3.63, 3.8) is 0 Å². The molecule has 5 aromatic rings. The van der Waals surface area contributed by atoms with E-state index in [0.29, 0.717) is 47.3 Å². The molecule has 5 aliphatic rings. The van der Waals surface area contributed by atoms with E-state index >= 15 is 0 Å². The summed E-state index contributed by atoms with van der Waals surface area (Å²) in [4.78, 5) is 43.5. The van der Waals surface area contributed by atoms with Crippen LogP contribution < -0.4 is 10.4 Å². The van der Waals surface area contributed by atoms with E-state index < -0.39 is 23.8 Å². The molecule has 2 bridgehead atoms. The molecule has 0 N–H and O–H groups in total. The van der Waals surface area contributed by atoms with Gasteiger partial charge in [-0.1, -0.05) is 111 Å². The zero-order chi connectivity index (χ0) is 43.2. The molecule has 0 saturated heterocycles. The quantitative estimate of drug-likeness (QED) is 0.0956. The van der Waals surface area contributed by atoms with Crippen molar-refractivity contribution in [3.8, 4) is 5.75 Å². The Hall–Kier alpha value is -5.43. The van der Waals surface area contributed by atoms with Gasteiger partial charge in [0.2, 0.25) is 0 Å². The molecule has 3 aliphatic heterocycles. The first-order chi connectivity index (χ1) is 29.9. The Bertz CT molecular complexity index is 2570. The summed E-state index contributed by atoms with van der Waals surface area (Å²) in [6, 6.07) is 31.8.